The fraction of sp³-hybridized carbons (Fsp3) is 0.188. The molecule has 1 amide bonds. The van der Waals surface area contributed by atoms with Gasteiger partial charge in [-0.05, 0) is 17.7 Å². The van der Waals surface area contributed by atoms with Crippen LogP contribution in [0.5, 0.6) is 5.75 Å². The van der Waals surface area contributed by atoms with Crippen molar-refractivity contribution in [2.45, 2.75) is 12.5 Å². The maximum Gasteiger partial charge on any atom is 0.247 e. The van der Waals surface area contributed by atoms with Crippen LogP contribution in [0.25, 0.3) is 0 Å². The lowest BCUT2D eigenvalue weighted by Gasteiger charge is -2.27. The van der Waals surface area contributed by atoms with Gasteiger partial charge in [-0.15, -0.1) is 0 Å². The van der Waals surface area contributed by atoms with Crippen LogP contribution >= 0.6 is 0 Å². The molecule has 2 N–H and O–H groups in total. The Morgan fingerprint density at radius 3 is 2.65 bits per heavy atom. The van der Waals surface area contributed by atoms with Crippen LogP contribution in [0, 0.1) is 0 Å². The Morgan fingerprint density at radius 1 is 1.10 bits per heavy atom. The number of methoxy groups -OCH3 is 1. The zero-order valence-electron chi connectivity index (χ0n) is 11.2. The van der Waals surface area contributed by atoms with Crippen LogP contribution in [-0.2, 0) is 11.2 Å². The maximum atomic E-state index is 12.1. The molecule has 1 unspecified atom stereocenters. The van der Waals surface area contributed by atoms with Crippen molar-refractivity contribution in [3.63, 3.8) is 0 Å². The third-order valence-electron chi connectivity index (χ3n) is 3.41. The smallest absolute Gasteiger partial charge is 0.247 e. The summed E-state index contributed by atoms with van der Waals surface area (Å²) in [6, 6.07) is 15.3. The van der Waals surface area contributed by atoms with Crippen molar-refractivity contribution in [1.82, 2.24) is 0 Å². The highest BCUT2D eigenvalue weighted by molar-refractivity contribution is 6.03. The van der Waals surface area contributed by atoms with Crippen LogP contribution in [0.3, 0.4) is 0 Å². The van der Waals surface area contributed by atoms with Crippen LogP contribution in [0.1, 0.15) is 5.56 Å². The summed E-state index contributed by atoms with van der Waals surface area (Å²) in [4.78, 5) is 12.1. The quantitative estimate of drug-likeness (QED) is 0.899. The number of benzene rings is 2. The Kier molecular flexibility index (Phi) is 3.29. The summed E-state index contributed by atoms with van der Waals surface area (Å²) in [7, 11) is 1.63. The van der Waals surface area contributed by atoms with Crippen LogP contribution in [0.2, 0.25) is 0 Å². The topological polar surface area (TPSA) is 50.4 Å². The van der Waals surface area contributed by atoms with Crippen LogP contribution in [0.4, 0.5) is 11.4 Å². The highest BCUT2D eigenvalue weighted by atomic mass is 16.5. The van der Waals surface area contributed by atoms with Crippen molar-refractivity contribution in [3.05, 3.63) is 54.1 Å². The fourth-order valence-electron chi connectivity index (χ4n) is 2.35. The molecular formula is C16H16N2O2. The first-order chi connectivity index (χ1) is 9.76. The summed E-state index contributed by atoms with van der Waals surface area (Å²) in [5.41, 5.74) is 2.82. The second-order valence-electron chi connectivity index (χ2n) is 4.79. The molecule has 1 heterocycles. The molecular weight excluding hydrogens is 252 g/mol. The molecule has 4 heteroatoms. The minimum absolute atomic E-state index is 0.00785. The number of hydrogen-bond donors (Lipinski definition) is 2. The second-order valence-corrected chi connectivity index (χ2v) is 4.79. The molecule has 1 aliphatic rings. The van der Waals surface area contributed by atoms with Gasteiger partial charge in [0, 0.05) is 12.5 Å². The first-order valence-electron chi connectivity index (χ1n) is 6.55. The van der Waals surface area contributed by atoms with E-state index < -0.39 is 0 Å². The van der Waals surface area contributed by atoms with Crippen molar-refractivity contribution < 1.29 is 9.53 Å². The summed E-state index contributed by atoms with van der Waals surface area (Å²) >= 11 is 0. The van der Waals surface area contributed by atoms with Gasteiger partial charge < -0.3 is 15.4 Å². The number of fused-ring (bicyclic) bond motifs is 1. The lowest BCUT2D eigenvalue weighted by atomic mass is 10.0. The SMILES string of the molecule is COc1ccc2c(c1)NC(Cc1ccccc1)C(=O)N2. The number of nitrogens with one attached hydrogen (secondary N) is 2. The van der Waals surface area contributed by atoms with Gasteiger partial charge in [0.05, 0.1) is 18.5 Å². The highest BCUT2D eigenvalue weighted by Crippen LogP contribution is 2.31. The summed E-state index contributed by atoms with van der Waals surface area (Å²) < 4.78 is 5.21. The normalized spacial score (nSPS) is 16.9. The predicted octanol–water partition coefficient (Wildman–Crippen LogP) is 2.67. The van der Waals surface area contributed by atoms with Gasteiger partial charge in [0.15, 0.2) is 0 Å². The summed E-state index contributed by atoms with van der Waals surface area (Å²) in [5.74, 6) is 0.761. The Bertz CT molecular complexity index is 626. The van der Waals surface area contributed by atoms with E-state index in [1.54, 1.807) is 7.11 Å². The average molecular weight is 268 g/mol. The highest BCUT2D eigenvalue weighted by Gasteiger charge is 2.25. The van der Waals surface area contributed by atoms with Crippen molar-refractivity contribution in [2.24, 2.45) is 0 Å². The largest absolute Gasteiger partial charge is 0.497 e. The molecule has 0 saturated carbocycles. The Balaban J connectivity index is 1.82. The molecule has 0 saturated heterocycles. The molecule has 2 aromatic carbocycles. The first-order valence-corrected chi connectivity index (χ1v) is 6.55. The molecule has 0 bridgehead atoms. The Hall–Kier alpha value is -2.49. The number of hydrogen-bond acceptors (Lipinski definition) is 3. The van der Waals surface area contributed by atoms with Crippen molar-refractivity contribution >= 4 is 17.3 Å². The van der Waals surface area contributed by atoms with Gasteiger partial charge in [-0.25, -0.2) is 0 Å². The van der Waals surface area contributed by atoms with E-state index in [0.29, 0.717) is 6.42 Å². The number of rotatable bonds is 3. The number of amides is 1. The molecule has 0 aliphatic carbocycles. The van der Waals surface area contributed by atoms with Crippen molar-refractivity contribution in [1.29, 1.82) is 0 Å². The van der Waals surface area contributed by atoms with Gasteiger partial charge in [-0.3, -0.25) is 4.79 Å². The minimum Gasteiger partial charge on any atom is -0.497 e. The molecule has 4 nitrogen and oxygen atoms in total. The van der Waals surface area contributed by atoms with E-state index in [2.05, 4.69) is 10.6 Å². The first kappa shape index (κ1) is 12.5. The van der Waals surface area contributed by atoms with Crippen LogP contribution in [0.15, 0.2) is 48.5 Å². The standard InChI is InChI=1S/C16H16N2O2/c1-20-12-7-8-13-14(10-12)17-15(16(19)18-13)9-11-5-3-2-4-6-11/h2-8,10,15,17H,9H2,1H3,(H,18,19). The van der Waals surface area contributed by atoms with Gasteiger partial charge in [-0.2, -0.15) is 0 Å². The maximum absolute atomic E-state index is 12.1. The monoisotopic (exact) mass is 268 g/mol. The summed E-state index contributed by atoms with van der Waals surface area (Å²) in [6.45, 7) is 0. The van der Waals surface area contributed by atoms with Gasteiger partial charge >= 0.3 is 0 Å². The molecule has 0 spiro atoms. The zero-order chi connectivity index (χ0) is 13.9. The zero-order valence-corrected chi connectivity index (χ0v) is 11.2. The van der Waals surface area contributed by atoms with Gasteiger partial charge in [0.25, 0.3) is 0 Å². The van der Waals surface area contributed by atoms with E-state index in [1.165, 1.54) is 0 Å². The third-order valence-corrected chi connectivity index (χ3v) is 3.41. The van der Waals surface area contributed by atoms with Gasteiger partial charge in [0.2, 0.25) is 5.91 Å². The van der Waals surface area contributed by atoms with Gasteiger partial charge in [-0.1, -0.05) is 30.3 Å². The molecule has 102 valence electrons. The van der Waals surface area contributed by atoms with Crippen LogP contribution in [-0.4, -0.2) is 19.1 Å². The second kappa shape index (κ2) is 5.25. The molecule has 20 heavy (non-hydrogen) atoms. The number of carbonyl (C=O) groups excluding carboxylic acids is 1. The Labute approximate surface area is 117 Å². The van der Waals surface area contributed by atoms with E-state index in [1.807, 2.05) is 48.5 Å². The molecule has 3 rings (SSSR count). The van der Waals surface area contributed by atoms with E-state index in [9.17, 15) is 4.79 Å². The van der Waals surface area contributed by atoms with Crippen molar-refractivity contribution in [3.8, 4) is 5.75 Å². The fourth-order valence-corrected chi connectivity index (χ4v) is 2.35. The summed E-state index contributed by atoms with van der Waals surface area (Å²) in [5, 5.41) is 6.20. The third kappa shape index (κ3) is 2.45. The summed E-state index contributed by atoms with van der Waals surface area (Å²) in [6.07, 6.45) is 0.656. The van der Waals surface area contributed by atoms with Crippen molar-refractivity contribution in [2.75, 3.05) is 17.7 Å². The van der Waals surface area contributed by atoms with E-state index in [0.717, 1.165) is 22.7 Å². The van der Waals surface area contributed by atoms with E-state index >= 15 is 0 Å². The molecule has 0 radical (unpaired) electrons. The average Bonchev–Trinajstić information content (AvgIpc) is 2.48. The molecule has 1 atom stereocenters. The van der Waals surface area contributed by atoms with Crippen LogP contribution < -0.4 is 15.4 Å². The molecule has 1 aliphatic heterocycles. The molecule has 0 fully saturated rings. The predicted molar refractivity (Wildman–Crippen MR) is 79.2 cm³/mol. The Morgan fingerprint density at radius 2 is 1.90 bits per heavy atom. The number of anilines is 2. The van der Waals surface area contributed by atoms with E-state index in [4.69, 9.17) is 4.74 Å². The minimum atomic E-state index is -0.267. The van der Waals surface area contributed by atoms with Gasteiger partial charge in [0.1, 0.15) is 11.8 Å². The lowest BCUT2D eigenvalue weighted by Crippen LogP contribution is -2.40. The molecule has 2 aromatic rings. The molecule has 0 aromatic heterocycles. The number of ether oxygens (including phenoxy) is 1. The van der Waals surface area contributed by atoms with E-state index in [-0.39, 0.29) is 11.9 Å². The number of carbonyl (C=O) groups is 1. The lowest BCUT2D eigenvalue weighted by molar-refractivity contribution is -0.117.